The van der Waals surface area contributed by atoms with E-state index >= 15 is 0 Å². The number of rotatable bonds is 6. The van der Waals surface area contributed by atoms with E-state index in [1.807, 2.05) is 13.8 Å². The van der Waals surface area contributed by atoms with Gasteiger partial charge >= 0.3 is 6.18 Å². The van der Waals surface area contributed by atoms with Gasteiger partial charge in [0.15, 0.2) is 0 Å². The number of hydrogen-bond donors (Lipinski definition) is 1. The van der Waals surface area contributed by atoms with E-state index in [1.165, 1.54) is 6.20 Å². The first-order valence-electron chi connectivity index (χ1n) is 5.90. The lowest BCUT2D eigenvalue weighted by Gasteiger charge is -2.20. The molecule has 1 unspecified atom stereocenters. The van der Waals surface area contributed by atoms with E-state index in [9.17, 15) is 13.2 Å². The van der Waals surface area contributed by atoms with E-state index in [2.05, 4.69) is 10.4 Å². The van der Waals surface area contributed by atoms with Gasteiger partial charge in [-0.3, -0.25) is 4.68 Å². The second-order valence-corrected chi connectivity index (χ2v) is 4.36. The average Bonchev–Trinajstić information content (AvgIpc) is 2.64. The minimum absolute atomic E-state index is 0.0389. The number of hydrogen-bond acceptors (Lipinski definition) is 2. The highest BCUT2D eigenvalue weighted by Gasteiger charge is 2.30. The van der Waals surface area contributed by atoms with Crippen LogP contribution in [0.1, 0.15) is 38.4 Å². The Kier molecular flexibility index (Phi) is 5.47. The van der Waals surface area contributed by atoms with E-state index in [4.69, 9.17) is 11.6 Å². The molecule has 18 heavy (non-hydrogen) atoms. The zero-order chi connectivity index (χ0) is 13.8. The summed E-state index contributed by atoms with van der Waals surface area (Å²) in [5.74, 6) is 0. The van der Waals surface area contributed by atoms with Crippen LogP contribution in [0, 0.1) is 0 Å². The van der Waals surface area contributed by atoms with Crippen molar-refractivity contribution in [1.29, 1.82) is 0 Å². The van der Waals surface area contributed by atoms with E-state index < -0.39 is 18.6 Å². The minimum atomic E-state index is -4.16. The lowest BCUT2D eigenvalue weighted by molar-refractivity contribution is -0.136. The number of halogens is 4. The van der Waals surface area contributed by atoms with E-state index in [0.717, 1.165) is 0 Å². The van der Waals surface area contributed by atoms with Crippen molar-refractivity contribution in [1.82, 2.24) is 15.1 Å². The third-order valence-electron chi connectivity index (χ3n) is 2.63. The van der Waals surface area contributed by atoms with Crippen molar-refractivity contribution in [3.63, 3.8) is 0 Å². The van der Waals surface area contributed by atoms with Crippen LogP contribution in [-0.2, 0) is 6.54 Å². The predicted octanol–water partition coefficient (Wildman–Crippen LogP) is 3.55. The van der Waals surface area contributed by atoms with Gasteiger partial charge in [0.2, 0.25) is 0 Å². The fourth-order valence-electron chi connectivity index (χ4n) is 1.86. The summed E-state index contributed by atoms with van der Waals surface area (Å²) in [4.78, 5) is 0. The van der Waals surface area contributed by atoms with Crippen LogP contribution in [0.5, 0.6) is 0 Å². The second-order valence-electron chi connectivity index (χ2n) is 3.96. The van der Waals surface area contributed by atoms with Crippen molar-refractivity contribution in [2.75, 3.05) is 6.54 Å². The van der Waals surface area contributed by atoms with Crippen molar-refractivity contribution in [2.45, 2.75) is 45.5 Å². The first kappa shape index (κ1) is 15.3. The molecule has 0 saturated carbocycles. The quantitative estimate of drug-likeness (QED) is 0.865. The smallest absolute Gasteiger partial charge is 0.309 e. The third kappa shape index (κ3) is 4.17. The van der Waals surface area contributed by atoms with E-state index in [1.54, 1.807) is 4.68 Å². The Morgan fingerprint density at radius 1 is 1.44 bits per heavy atom. The first-order chi connectivity index (χ1) is 8.39. The molecule has 1 aromatic heterocycles. The monoisotopic (exact) mass is 283 g/mol. The van der Waals surface area contributed by atoms with E-state index in [0.29, 0.717) is 23.8 Å². The fourth-order valence-corrected chi connectivity index (χ4v) is 2.13. The molecule has 104 valence electrons. The highest BCUT2D eigenvalue weighted by Crippen LogP contribution is 2.30. The summed E-state index contributed by atoms with van der Waals surface area (Å²) >= 11 is 6.00. The van der Waals surface area contributed by atoms with Crippen LogP contribution in [0.3, 0.4) is 0 Å². The van der Waals surface area contributed by atoms with Gasteiger partial charge < -0.3 is 5.32 Å². The van der Waals surface area contributed by atoms with Crippen LogP contribution in [0.15, 0.2) is 6.20 Å². The van der Waals surface area contributed by atoms with Crippen molar-refractivity contribution in [3.8, 4) is 0 Å². The summed E-state index contributed by atoms with van der Waals surface area (Å²) in [7, 11) is 0. The molecule has 3 nitrogen and oxygen atoms in total. The highest BCUT2D eigenvalue weighted by molar-refractivity contribution is 6.31. The molecule has 0 fully saturated rings. The molecule has 0 aliphatic rings. The van der Waals surface area contributed by atoms with Gasteiger partial charge in [-0.1, -0.05) is 18.5 Å². The predicted molar refractivity (Wildman–Crippen MR) is 64.6 cm³/mol. The van der Waals surface area contributed by atoms with Crippen LogP contribution in [0.25, 0.3) is 0 Å². The number of aromatic nitrogens is 2. The molecular weight excluding hydrogens is 267 g/mol. The van der Waals surface area contributed by atoms with Gasteiger partial charge in [0, 0.05) is 13.0 Å². The topological polar surface area (TPSA) is 29.9 Å². The molecule has 0 spiro atoms. The average molecular weight is 284 g/mol. The number of nitrogens with one attached hydrogen (secondary N) is 1. The second kappa shape index (κ2) is 6.43. The molecule has 7 heteroatoms. The van der Waals surface area contributed by atoms with Gasteiger partial charge in [-0.05, 0) is 19.9 Å². The van der Waals surface area contributed by atoms with E-state index in [-0.39, 0.29) is 6.42 Å². The molecule has 0 aliphatic carbocycles. The third-order valence-corrected chi connectivity index (χ3v) is 2.92. The molecular formula is C11H17ClF3N3. The number of aryl methyl sites for hydroxylation is 1. The van der Waals surface area contributed by atoms with Crippen LogP contribution in [0.2, 0.25) is 5.02 Å². The van der Waals surface area contributed by atoms with Crippen LogP contribution in [-0.4, -0.2) is 22.5 Å². The van der Waals surface area contributed by atoms with Crippen LogP contribution >= 0.6 is 11.6 Å². The van der Waals surface area contributed by atoms with Gasteiger partial charge in [-0.15, -0.1) is 0 Å². The molecule has 0 aliphatic heterocycles. The van der Waals surface area contributed by atoms with Gasteiger partial charge in [0.25, 0.3) is 0 Å². The maximum absolute atomic E-state index is 12.3. The highest BCUT2D eigenvalue weighted by atomic mass is 35.5. The number of alkyl halides is 3. The zero-order valence-corrected chi connectivity index (χ0v) is 11.1. The Balaban J connectivity index is 2.86. The maximum Gasteiger partial charge on any atom is 0.389 e. The molecule has 0 radical (unpaired) electrons. The number of nitrogens with zero attached hydrogens (tertiary/aromatic N) is 2. The van der Waals surface area contributed by atoms with Gasteiger partial charge in [-0.25, -0.2) is 0 Å². The van der Waals surface area contributed by atoms with Gasteiger partial charge in [0.05, 0.1) is 23.0 Å². The Morgan fingerprint density at radius 2 is 2.11 bits per heavy atom. The Bertz CT molecular complexity index is 376. The maximum atomic E-state index is 12.3. The molecule has 0 aromatic carbocycles. The fraction of sp³-hybridized carbons (Fsp3) is 0.727. The summed E-state index contributed by atoms with van der Waals surface area (Å²) in [5.41, 5.74) is 0.630. The SMILES string of the molecule is CCNC(CCC(F)(F)F)c1c(Cl)cnn1CC. The summed E-state index contributed by atoms with van der Waals surface area (Å²) in [6.07, 6.45) is -3.56. The largest absolute Gasteiger partial charge is 0.389 e. The Labute approximate surface area is 109 Å². The zero-order valence-electron chi connectivity index (χ0n) is 10.4. The first-order valence-corrected chi connectivity index (χ1v) is 6.28. The summed E-state index contributed by atoms with van der Waals surface area (Å²) in [5, 5.41) is 7.48. The molecule has 0 amide bonds. The molecule has 0 saturated heterocycles. The molecule has 0 bridgehead atoms. The summed E-state index contributed by atoms with van der Waals surface area (Å²) in [6, 6.07) is -0.424. The minimum Gasteiger partial charge on any atom is -0.309 e. The van der Waals surface area contributed by atoms with Crippen molar-refractivity contribution in [2.24, 2.45) is 0 Å². The Morgan fingerprint density at radius 3 is 2.61 bits per heavy atom. The van der Waals surface area contributed by atoms with Crippen LogP contribution in [0.4, 0.5) is 13.2 Å². The Hall–Kier alpha value is -0.750. The van der Waals surface area contributed by atoms with Crippen molar-refractivity contribution in [3.05, 3.63) is 16.9 Å². The molecule has 1 aromatic rings. The normalized spacial score (nSPS) is 13.9. The van der Waals surface area contributed by atoms with Gasteiger partial charge in [0.1, 0.15) is 0 Å². The molecule has 1 N–H and O–H groups in total. The summed E-state index contributed by atoms with van der Waals surface area (Å²) in [6.45, 7) is 4.88. The lowest BCUT2D eigenvalue weighted by atomic mass is 10.1. The van der Waals surface area contributed by atoms with Gasteiger partial charge in [-0.2, -0.15) is 18.3 Å². The molecule has 1 atom stereocenters. The summed E-state index contributed by atoms with van der Waals surface area (Å²) < 4.78 is 38.5. The standard InChI is InChI=1S/C11H17ClF3N3/c1-3-16-9(5-6-11(13,14)15)10-8(12)7-17-18(10)4-2/h7,9,16H,3-6H2,1-2H3. The van der Waals surface area contributed by atoms with Crippen molar-refractivity contribution < 1.29 is 13.2 Å². The molecule has 1 heterocycles. The van der Waals surface area contributed by atoms with Crippen molar-refractivity contribution >= 4 is 11.6 Å². The molecule has 1 rings (SSSR count). The lowest BCUT2D eigenvalue weighted by Crippen LogP contribution is -2.25. The van der Waals surface area contributed by atoms with Crippen LogP contribution < -0.4 is 5.32 Å².